The van der Waals surface area contributed by atoms with Gasteiger partial charge in [0.1, 0.15) is 24.6 Å². The number of rotatable bonds is 9. The maximum atomic E-state index is 11.5. The largest absolute Gasteiger partial charge is 0.460 e. The summed E-state index contributed by atoms with van der Waals surface area (Å²) in [5.74, 6) is 0.167. The van der Waals surface area contributed by atoms with Gasteiger partial charge in [0, 0.05) is 0 Å². The van der Waals surface area contributed by atoms with Gasteiger partial charge in [0.2, 0.25) is 0 Å². The van der Waals surface area contributed by atoms with Crippen LogP contribution < -0.4 is 10.5 Å². The summed E-state index contributed by atoms with van der Waals surface area (Å²) in [6.45, 7) is 1.10. The molecule has 2 heterocycles. The number of imidazole rings is 1. The van der Waals surface area contributed by atoms with Crippen molar-refractivity contribution in [3.63, 3.8) is 0 Å². The van der Waals surface area contributed by atoms with E-state index in [0.29, 0.717) is 11.2 Å². The van der Waals surface area contributed by atoms with Gasteiger partial charge in [-0.1, -0.05) is 0 Å². The fraction of sp³-hybridized carbons (Fsp3) is 0.545. The minimum Gasteiger partial charge on any atom is -0.460 e. The highest BCUT2D eigenvalue weighted by Crippen LogP contribution is 2.41. The molecule has 0 saturated heterocycles. The number of ether oxygens (including phenoxy) is 2. The average molecular weight is 347 g/mol. The maximum Gasteiger partial charge on any atom is 0.353 e. The van der Waals surface area contributed by atoms with E-state index in [-0.39, 0.29) is 25.0 Å². The second-order valence-electron chi connectivity index (χ2n) is 4.46. The summed E-state index contributed by atoms with van der Waals surface area (Å²) in [6.07, 6.45) is 0.0123. The number of nitrogens with one attached hydrogen (secondary N) is 1. The quantitative estimate of drug-likeness (QED) is 0.449. The van der Waals surface area contributed by atoms with Gasteiger partial charge in [0.15, 0.2) is 11.5 Å². The Morgan fingerprint density at radius 2 is 2.26 bits per heavy atom. The average Bonchev–Trinajstić information content (AvgIpc) is 2.96. The van der Waals surface area contributed by atoms with E-state index in [1.54, 1.807) is 6.92 Å². The molecular formula is C11H18N5O6P. The highest BCUT2D eigenvalue weighted by Gasteiger charge is 2.22. The third kappa shape index (κ3) is 4.85. The first-order valence-corrected chi connectivity index (χ1v) is 8.49. The molecule has 2 aromatic rings. The van der Waals surface area contributed by atoms with E-state index in [1.165, 1.54) is 6.33 Å². The summed E-state index contributed by atoms with van der Waals surface area (Å²) in [5.41, 5.74) is 6.55. The summed E-state index contributed by atoms with van der Waals surface area (Å²) in [6, 6.07) is -0.0406. The number of hydrogen-bond acceptors (Lipinski definition) is 9. The lowest BCUT2D eigenvalue weighted by molar-refractivity contribution is -0.00185. The molecule has 128 valence electrons. The SMILES string of the molecule is CCOP(=O)(O)COC(CO)COc1nc(N)c2[nH]cnc2n1. The second-order valence-corrected chi connectivity index (χ2v) is 6.25. The van der Waals surface area contributed by atoms with Crippen LogP contribution in [0, 0.1) is 0 Å². The van der Waals surface area contributed by atoms with E-state index in [4.69, 9.17) is 15.2 Å². The normalized spacial score (nSPS) is 15.4. The van der Waals surface area contributed by atoms with Crippen molar-refractivity contribution >= 4 is 24.6 Å². The molecule has 23 heavy (non-hydrogen) atoms. The summed E-state index contributed by atoms with van der Waals surface area (Å²) >= 11 is 0. The molecule has 0 amide bonds. The standard InChI is InChI=1S/C11H18N5O6P/c1-2-22-23(18,19)6-21-7(3-17)4-20-11-15-9(12)8-10(16-11)14-5-13-8/h5,7,17H,2-4,6H2,1H3,(H,18,19)(H3,12,13,14,15,16). The van der Waals surface area contributed by atoms with E-state index in [0.717, 1.165) is 0 Å². The zero-order valence-corrected chi connectivity index (χ0v) is 13.3. The zero-order chi connectivity index (χ0) is 16.9. The smallest absolute Gasteiger partial charge is 0.353 e. The fourth-order valence-corrected chi connectivity index (χ4v) is 2.54. The van der Waals surface area contributed by atoms with Crippen molar-refractivity contribution < 1.29 is 28.6 Å². The monoisotopic (exact) mass is 347 g/mol. The van der Waals surface area contributed by atoms with Gasteiger partial charge in [0.25, 0.3) is 0 Å². The minimum absolute atomic E-state index is 0.0406. The molecule has 0 aliphatic heterocycles. The molecule has 0 aromatic carbocycles. The van der Waals surface area contributed by atoms with Crippen LogP contribution >= 0.6 is 7.60 Å². The van der Waals surface area contributed by atoms with Gasteiger partial charge in [-0.25, -0.2) is 4.98 Å². The van der Waals surface area contributed by atoms with Crippen LogP contribution in [0.15, 0.2) is 6.33 Å². The summed E-state index contributed by atoms with van der Waals surface area (Å²) in [5, 5.41) is 9.22. The molecule has 0 aliphatic carbocycles. The van der Waals surface area contributed by atoms with E-state index in [1.807, 2.05) is 0 Å². The number of aromatic nitrogens is 4. The van der Waals surface area contributed by atoms with E-state index >= 15 is 0 Å². The number of aliphatic hydroxyl groups excluding tert-OH is 1. The second kappa shape index (κ2) is 7.66. The van der Waals surface area contributed by atoms with Crippen molar-refractivity contribution in [2.45, 2.75) is 13.0 Å². The van der Waals surface area contributed by atoms with Gasteiger partial charge < -0.3 is 34.7 Å². The van der Waals surface area contributed by atoms with Crippen molar-refractivity contribution in [1.29, 1.82) is 0 Å². The van der Waals surface area contributed by atoms with Crippen molar-refractivity contribution in [3.8, 4) is 6.01 Å². The summed E-state index contributed by atoms with van der Waals surface area (Å²) in [4.78, 5) is 24.1. The van der Waals surface area contributed by atoms with Crippen molar-refractivity contribution in [2.75, 3.05) is 31.9 Å². The molecule has 0 fully saturated rings. The predicted molar refractivity (Wildman–Crippen MR) is 79.9 cm³/mol. The molecule has 0 aliphatic rings. The van der Waals surface area contributed by atoms with Gasteiger partial charge in [0.05, 0.1) is 19.5 Å². The number of hydrogen-bond donors (Lipinski definition) is 4. The van der Waals surface area contributed by atoms with Crippen LogP contribution in [0.25, 0.3) is 11.2 Å². The highest BCUT2D eigenvalue weighted by atomic mass is 31.2. The maximum absolute atomic E-state index is 11.5. The Bertz CT molecular complexity index is 695. The van der Waals surface area contributed by atoms with Crippen molar-refractivity contribution in [3.05, 3.63) is 6.33 Å². The van der Waals surface area contributed by atoms with Gasteiger partial charge in [-0.05, 0) is 6.92 Å². The Morgan fingerprint density at radius 1 is 1.48 bits per heavy atom. The first-order valence-electron chi connectivity index (χ1n) is 6.73. The van der Waals surface area contributed by atoms with Crippen LogP contribution in [0.4, 0.5) is 5.82 Å². The molecule has 5 N–H and O–H groups in total. The number of nitrogens with two attached hydrogens (primary N) is 1. The van der Waals surface area contributed by atoms with Crippen LogP contribution in [0.5, 0.6) is 6.01 Å². The zero-order valence-electron chi connectivity index (χ0n) is 12.4. The molecule has 0 bridgehead atoms. The first-order chi connectivity index (χ1) is 10.9. The third-order valence-corrected chi connectivity index (χ3v) is 3.84. The Kier molecular flexibility index (Phi) is 5.85. The topological polar surface area (TPSA) is 166 Å². The Hall–Kier alpha value is -1.78. The fourth-order valence-electron chi connectivity index (χ4n) is 1.66. The number of H-pyrrole nitrogens is 1. The minimum atomic E-state index is -3.84. The molecule has 2 atom stereocenters. The predicted octanol–water partition coefficient (Wildman–Crippen LogP) is -0.129. The molecule has 2 aromatic heterocycles. The molecule has 12 heteroatoms. The molecule has 0 spiro atoms. The van der Waals surface area contributed by atoms with E-state index in [9.17, 15) is 14.6 Å². The number of anilines is 1. The number of aromatic amines is 1. The van der Waals surface area contributed by atoms with Gasteiger partial charge in [-0.2, -0.15) is 9.97 Å². The molecule has 0 saturated carbocycles. The first kappa shape index (κ1) is 17.6. The lowest BCUT2D eigenvalue weighted by atomic mass is 10.4. The lowest BCUT2D eigenvalue weighted by Gasteiger charge is -2.17. The number of nitrogen functional groups attached to an aromatic ring is 1. The highest BCUT2D eigenvalue weighted by molar-refractivity contribution is 7.52. The molecular weight excluding hydrogens is 329 g/mol. The van der Waals surface area contributed by atoms with Gasteiger partial charge >= 0.3 is 13.6 Å². The Morgan fingerprint density at radius 3 is 2.96 bits per heavy atom. The summed E-state index contributed by atoms with van der Waals surface area (Å²) in [7, 11) is -3.84. The summed E-state index contributed by atoms with van der Waals surface area (Å²) < 4.78 is 26.6. The number of nitrogens with zero attached hydrogens (tertiary/aromatic N) is 3. The number of fused-ring (bicyclic) bond motifs is 1. The number of aliphatic hydroxyl groups is 1. The van der Waals surface area contributed by atoms with Crippen LogP contribution in [-0.2, 0) is 13.8 Å². The van der Waals surface area contributed by atoms with Crippen LogP contribution in [0.2, 0.25) is 0 Å². The van der Waals surface area contributed by atoms with Crippen LogP contribution in [0.3, 0.4) is 0 Å². The molecule has 2 rings (SSSR count). The van der Waals surface area contributed by atoms with Crippen molar-refractivity contribution in [1.82, 2.24) is 19.9 Å². The van der Waals surface area contributed by atoms with Crippen LogP contribution in [0.1, 0.15) is 6.92 Å². The molecule has 0 radical (unpaired) electrons. The van der Waals surface area contributed by atoms with E-state index < -0.39 is 26.7 Å². The van der Waals surface area contributed by atoms with Gasteiger partial charge in [-0.15, -0.1) is 0 Å². The van der Waals surface area contributed by atoms with Crippen LogP contribution in [-0.4, -0.2) is 62.2 Å². The molecule has 2 unspecified atom stereocenters. The molecule has 11 nitrogen and oxygen atoms in total. The van der Waals surface area contributed by atoms with Crippen molar-refractivity contribution in [2.24, 2.45) is 0 Å². The lowest BCUT2D eigenvalue weighted by Crippen LogP contribution is -2.27. The van der Waals surface area contributed by atoms with E-state index in [2.05, 4.69) is 24.5 Å². The third-order valence-electron chi connectivity index (χ3n) is 2.70. The Balaban J connectivity index is 1.92. The Labute approximate surface area is 131 Å². The van der Waals surface area contributed by atoms with Gasteiger partial charge in [-0.3, -0.25) is 4.57 Å².